The summed E-state index contributed by atoms with van der Waals surface area (Å²) in [5.41, 5.74) is 0.334. The quantitative estimate of drug-likeness (QED) is 0.670. The molecule has 0 saturated carbocycles. The van der Waals surface area contributed by atoms with Crippen LogP contribution in [-0.2, 0) is 9.59 Å². The molecular formula is C10H9N3O4. The fourth-order valence-corrected chi connectivity index (χ4v) is 1.10. The summed E-state index contributed by atoms with van der Waals surface area (Å²) in [5, 5.41) is 28.3. The van der Waals surface area contributed by atoms with Crippen molar-refractivity contribution in [1.29, 1.82) is 5.26 Å². The summed E-state index contributed by atoms with van der Waals surface area (Å²) in [5.74, 6) is -2.30. The largest absolute Gasteiger partial charge is 0.481 e. The number of pyridine rings is 1. The molecule has 0 aromatic carbocycles. The van der Waals surface area contributed by atoms with Gasteiger partial charge in [-0.05, 0) is 12.1 Å². The Hall–Kier alpha value is -2.62. The number of nitrogens with one attached hydrogen (secondary N) is 1. The summed E-state index contributed by atoms with van der Waals surface area (Å²) >= 11 is 0. The average molecular weight is 235 g/mol. The Morgan fingerprint density at radius 2 is 2.18 bits per heavy atom. The number of nitrogens with zero attached hydrogens (tertiary/aromatic N) is 2. The van der Waals surface area contributed by atoms with E-state index in [2.05, 4.69) is 10.3 Å². The molecule has 1 aromatic heterocycles. The number of aliphatic carboxylic acids is 2. The van der Waals surface area contributed by atoms with E-state index in [0.717, 1.165) is 0 Å². The summed E-state index contributed by atoms with van der Waals surface area (Å²) in [7, 11) is 0. The smallest absolute Gasteiger partial charge is 0.326 e. The van der Waals surface area contributed by atoms with Gasteiger partial charge < -0.3 is 15.5 Å². The highest BCUT2D eigenvalue weighted by atomic mass is 16.4. The normalized spacial score (nSPS) is 11.2. The lowest BCUT2D eigenvalue weighted by Gasteiger charge is -2.12. The molecule has 1 aromatic rings. The minimum atomic E-state index is -1.28. The number of carboxylic acids is 2. The second-order valence-electron chi connectivity index (χ2n) is 3.18. The molecule has 88 valence electrons. The van der Waals surface area contributed by atoms with Gasteiger partial charge in [0.15, 0.2) is 0 Å². The second kappa shape index (κ2) is 5.46. The Morgan fingerprint density at radius 3 is 2.59 bits per heavy atom. The van der Waals surface area contributed by atoms with Crippen molar-refractivity contribution < 1.29 is 19.8 Å². The van der Waals surface area contributed by atoms with Crippen molar-refractivity contribution in [2.75, 3.05) is 5.32 Å². The number of aromatic nitrogens is 1. The third kappa shape index (κ3) is 3.79. The van der Waals surface area contributed by atoms with Crippen molar-refractivity contribution in [3.8, 4) is 6.07 Å². The molecule has 7 nitrogen and oxygen atoms in total. The first-order chi connectivity index (χ1) is 8.02. The standard InChI is InChI=1S/C10H9N3O4/c11-4-6-1-2-8(12-5-6)13-7(10(16)17)3-9(14)15/h1-2,5,7H,3H2,(H,12,13)(H,14,15)(H,16,17). The van der Waals surface area contributed by atoms with E-state index in [1.54, 1.807) is 0 Å². The molecule has 1 heterocycles. The summed E-state index contributed by atoms with van der Waals surface area (Å²) in [4.78, 5) is 25.0. The van der Waals surface area contributed by atoms with Gasteiger partial charge in [0.25, 0.3) is 0 Å². The first-order valence-electron chi connectivity index (χ1n) is 4.60. The highest BCUT2D eigenvalue weighted by molar-refractivity contribution is 5.83. The van der Waals surface area contributed by atoms with Crippen LogP contribution in [-0.4, -0.2) is 33.2 Å². The molecule has 0 bridgehead atoms. The molecule has 0 amide bonds. The predicted molar refractivity (Wildman–Crippen MR) is 56.3 cm³/mol. The average Bonchev–Trinajstić information content (AvgIpc) is 2.28. The van der Waals surface area contributed by atoms with E-state index in [9.17, 15) is 9.59 Å². The molecular weight excluding hydrogens is 226 g/mol. The van der Waals surface area contributed by atoms with Crippen LogP contribution >= 0.6 is 0 Å². The number of anilines is 1. The lowest BCUT2D eigenvalue weighted by Crippen LogP contribution is -2.32. The number of carbonyl (C=O) groups is 2. The molecule has 17 heavy (non-hydrogen) atoms. The van der Waals surface area contributed by atoms with Crippen molar-refractivity contribution in [3.05, 3.63) is 23.9 Å². The van der Waals surface area contributed by atoms with Crippen LogP contribution in [0.3, 0.4) is 0 Å². The maximum atomic E-state index is 10.8. The molecule has 1 unspecified atom stereocenters. The second-order valence-corrected chi connectivity index (χ2v) is 3.18. The van der Waals surface area contributed by atoms with E-state index in [-0.39, 0.29) is 5.82 Å². The zero-order chi connectivity index (χ0) is 12.8. The molecule has 0 aliphatic heterocycles. The van der Waals surface area contributed by atoms with Gasteiger partial charge in [0.05, 0.1) is 12.0 Å². The van der Waals surface area contributed by atoms with E-state index in [1.165, 1.54) is 18.3 Å². The van der Waals surface area contributed by atoms with Crippen LogP contribution in [0.4, 0.5) is 5.82 Å². The predicted octanol–water partition coefficient (Wildman–Crippen LogP) is 0.293. The maximum absolute atomic E-state index is 10.8. The molecule has 0 aliphatic rings. The van der Waals surface area contributed by atoms with Gasteiger partial charge in [-0.3, -0.25) is 4.79 Å². The summed E-state index contributed by atoms with van der Waals surface area (Å²) in [6.45, 7) is 0. The fourth-order valence-electron chi connectivity index (χ4n) is 1.10. The van der Waals surface area contributed by atoms with Crippen LogP contribution in [0.1, 0.15) is 12.0 Å². The summed E-state index contributed by atoms with van der Waals surface area (Å²) in [6.07, 6.45) is 0.707. The zero-order valence-corrected chi connectivity index (χ0v) is 8.62. The Morgan fingerprint density at radius 1 is 1.47 bits per heavy atom. The number of hydrogen-bond donors (Lipinski definition) is 3. The molecule has 3 N–H and O–H groups in total. The Labute approximate surface area is 96.3 Å². The van der Waals surface area contributed by atoms with Gasteiger partial charge in [0.1, 0.15) is 17.9 Å². The van der Waals surface area contributed by atoms with Gasteiger partial charge >= 0.3 is 11.9 Å². The SMILES string of the molecule is N#Cc1ccc(NC(CC(=O)O)C(=O)O)nc1. The first kappa shape index (κ1) is 12.4. The minimum Gasteiger partial charge on any atom is -0.481 e. The van der Waals surface area contributed by atoms with Gasteiger partial charge in [-0.2, -0.15) is 5.26 Å². The Kier molecular flexibility index (Phi) is 4.00. The molecule has 0 fully saturated rings. The zero-order valence-electron chi connectivity index (χ0n) is 8.62. The van der Waals surface area contributed by atoms with E-state index in [4.69, 9.17) is 15.5 Å². The van der Waals surface area contributed by atoms with E-state index < -0.39 is 24.4 Å². The van der Waals surface area contributed by atoms with Crippen LogP contribution in [0.25, 0.3) is 0 Å². The van der Waals surface area contributed by atoms with Crippen LogP contribution in [0.2, 0.25) is 0 Å². The molecule has 0 radical (unpaired) electrons. The van der Waals surface area contributed by atoms with Gasteiger partial charge in [-0.15, -0.1) is 0 Å². The monoisotopic (exact) mass is 235 g/mol. The Balaban J connectivity index is 2.75. The topological polar surface area (TPSA) is 123 Å². The van der Waals surface area contributed by atoms with E-state index in [1.807, 2.05) is 6.07 Å². The molecule has 7 heteroatoms. The lowest BCUT2D eigenvalue weighted by molar-refractivity contribution is -0.144. The van der Waals surface area contributed by atoms with Gasteiger partial charge in [-0.25, -0.2) is 9.78 Å². The van der Waals surface area contributed by atoms with Crippen molar-refractivity contribution in [1.82, 2.24) is 4.98 Å². The highest BCUT2D eigenvalue weighted by Crippen LogP contribution is 2.07. The van der Waals surface area contributed by atoms with Gasteiger partial charge in [0, 0.05) is 6.20 Å². The minimum absolute atomic E-state index is 0.206. The third-order valence-electron chi connectivity index (χ3n) is 1.89. The van der Waals surface area contributed by atoms with Crippen molar-refractivity contribution in [2.24, 2.45) is 0 Å². The third-order valence-corrected chi connectivity index (χ3v) is 1.89. The van der Waals surface area contributed by atoms with Crippen molar-refractivity contribution >= 4 is 17.8 Å². The maximum Gasteiger partial charge on any atom is 0.326 e. The molecule has 0 spiro atoms. The van der Waals surface area contributed by atoms with Crippen LogP contribution in [0, 0.1) is 11.3 Å². The Bertz CT molecular complexity index is 463. The summed E-state index contributed by atoms with van der Waals surface area (Å²) in [6, 6.07) is 3.47. The van der Waals surface area contributed by atoms with Crippen LogP contribution in [0.15, 0.2) is 18.3 Å². The molecule has 1 atom stereocenters. The number of nitriles is 1. The molecule has 0 saturated heterocycles. The van der Waals surface area contributed by atoms with E-state index in [0.29, 0.717) is 5.56 Å². The number of rotatable bonds is 5. The van der Waals surface area contributed by atoms with Crippen LogP contribution < -0.4 is 5.32 Å². The van der Waals surface area contributed by atoms with Crippen LogP contribution in [0.5, 0.6) is 0 Å². The fraction of sp³-hybridized carbons (Fsp3) is 0.200. The van der Waals surface area contributed by atoms with Gasteiger partial charge in [-0.1, -0.05) is 0 Å². The van der Waals surface area contributed by atoms with E-state index >= 15 is 0 Å². The first-order valence-corrected chi connectivity index (χ1v) is 4.60. The van der Waals surface area contributed by atoms with Crippen molar-refractivity contribution in [2.45, 2.75) is 12.5 Å². The number of carboxylic acid groups (broad SMARTS) is 2. The van der Waals surface area contributed by atoms with Crippen molar-refractivity contribution in [3.63, 3.8) is 0 Å². The van der Waals surface area contributed by atoms with Gasteiger partial charge in [0.2, 0.25) is 0 Å². The number of hydrogen-bond acceptors (Lipinski definition) is 5. The highest BCUT2D eigenvalue weighted by Gasteiger charge is 2.20. The summed E-state index contributed by atoms with van der Waals surface area (Å²) < 4.78 is 0. The lowest BCUT2D eigenvalue weighted by atomic mass is 10.2. The molecule has 0 aliphatic carbocycles. The molecule has 1 rings (SSSR count).